The van der Waals surface area contributed by atoms with Crippen molar-refractivity contribution in [2.75, 3.05) is 4.31 Å². The topological polar surface area (TPSA) is 111 Å². The van der Waals surface area contributed by atoms with Gasteiger partial charge in [-0.3, -0.25) is 13.3 Å². The summed E-state index contributed by atoms with van der Waals surface area (Å²) in [6, 6.07) is 22.2. The van der Waals surface area contributed by atoms with Crippen LogP contribution in [0.1, 0.15) is 30.0 Å². The minimum absolute atomic E-state index is 0.109. The number of Topliss-reactive ketones (excluding diaryl/α,β-unsaturated/α-hetero) is 1. The van der Waals surface area contributed by atoms with Crippen molar-refractivity contribution in [1.29, 1.82) is 0 Å². The second kappa shape index (κ2) is 10.2. The van der Waals surface area contributed by atoms with Gasteiger partial charge >= 0.3 is 5.97 Å². The number of para-hydroxylation sites is 1. The van der Waals surface area contributed by atoms with Crippen LogP contribution in [-0.2, 0) is 22.5 Å². The van der Waals surface area contributed by atoms with Gasteiger partial charge in [-0.25, -0.2) is 4.79 Å². The highest BCUT2D eigenvalue weighted by molar-refractivity contribution is 7.80. The van der Waals surface area contributed by atoms with Crippen molar-refractivity contribution < 1.29 is 27.9 Å². The molecule has 4 rings (SSSR count). The van der Waals surface area contributed by atoms with E-state index < -0.39 is 29.2 Å². The number of nitrogens with zero attached hydrogens (tertiary/aromatic N) is 1. The summed E-state index contributed by atoms with van der Waals surface area (Å²) in [5.74, 6) is -1.41. The lowest BCUT2D eigenvalue weighted by molar-refractivity contribution is -0.139. The molecule has 0 bridgehead atoms. The monoisotopic (exact) mass is 490 g/mol. The number of hydrogen-bond donors (Lipinski definition) is 1. The third-order valence-electron chi connectivity index (χ3n) is 5.77. The van der Waals surface area contributed by atoms with E-state index in [2.05, 4.69) is 0 Å². The van der Waals surface area contributed by atoms with Crippen molar-refractivity contribution in [3.8, 4) is 11.1 Å². The number of carbonyl (C=O) groups excluding carboxylic acids is 1. The van der Waals surface area contributed by atoms with Crippen LogP contribution in [0.15, 0.2) is 83.3 Å². The minimum Gasteiger partial charge on any atom is -0.755 e. The molecule has 35 heavy (non-hydrogen) atoms. The average molecular weight is 491 g/mol. The highest BCUT2D eigenvalue weighted by Gasteiger charge is 2.30. The van der Waals surface area contributed by atoms with Crippen LogP contribution < -0.4 is 4.31 Å². The van der Waals surface area contributed by atoms with Gasteiger partial charge in [0, 0.05) is 28.8 Å². The fourth-order valence-electron chi connectivity index (χ4n) is 4.00. The zero-order chi connectivity index (χ0) is 25.1. The zero-order valence-electron chi connectivity index (χ0n) is 19.2. The molecule has 1 N–H and O–H groups in total. The zero-order valence-corrected chi connectivity index (χ0v) is 20.0. The van der Waals surface area contributed by atoms with Gasteiger partial charge in [-0.2, -0.15) is 0 Å². The van der Waals surface area contributed by atoms with Crippen LogP contribution in [0.4, 0.5) is 5.69 Å². The van der Waals surface area contributed by atoms with E-state index in [0.717, 1.165) is 26.4 Å². The number of fused-ring (bicyclic) bond motifs is 1. The lowest BCUT2D eigenvalue weighted by Crippen LogP contribution is -2.45. The summed E-state index contributed by atoms with van der Waals surface area (Å²) in [6.07, 6.45) is 0.203. The average Bonchev–Trinajstić information content (AvgIpc) is 3.27. The Kier molecular flexibility index (Phi) is 7.14. The second-order valence-corrected chi connectivity index (χ2v) is 9.39. The predicted molar refractivity (Wildman–Crippen MR) is 134 cm³/mol. The van der Waals surface area contributed by atoms with Gasteiger partial charge in [-0.05, 0) is 46.9 Å². The maximum absolute atomic E-state index is 12.7. The summed E-state index contributed by atoms with van der Waals surface area (Å²) in [7, 11) is 0. The van der Waals surface area contributed by atoms with Gasteiger partial charge in [-0.1, -0.05) is 68.4 Å². The number of aliphatic carboxylic acids is 1. The van der Waals surface area contributed by atoms with Crippen molar-refractivity contribution in [1.82, 2.24) is 0 Å². The molecule has 180 valence electrons. The number of rotatable bonds is 9. The number of carboxylic acid groups (broad SMARTS) is 1. The second-order valence-electron chi connectivity index (χ2n) is 8.56. The quantitative estimate of drug-likeness (QED) is 0.254. The molecule has 0 spiro atoms. The summed E-state index contributed by atoms with van der Waals surface area (Å²) < 4.78 is 30.2. The van der Waals surface area contributed by atoms with Gasteiger partial charge in [0.05, 0.1) is 0 Å². The highest BCUT2D eigenvalue weighted by Crippen LogP contribution is 2.28. The number of benzene rings is 3. The molecule has 0 radical (unpaired) electrons. The van der Waals surface area contributed by atoms with Gasteiger partial charge in [0.15, 0.2) is 5.76 Å². The summed E-state index contributed by atoms with van der Waals surface area (Å²) >= 11 is -2.74. The molecule has 1 heterocycles. The van der Waals surface area contributed by atoms with Crippen LogP contribution in [-0.4, -0.2) is 31.7 Å². The number of carbonyl (C=O) groups is 2. The Morgan fingerprint density at radius 3 is 2.11 bits per heavy atom. The number of furan rings is 1. The Labute approximate surface area is 205 Å². The first-order chi connectivity index (χ1) is 16.7. The Hall–Kier alpha value is -3.75. The van der Waals surface area contributed by atoms with Crippen molar-refractivity contribution in [3.63, 3.8) is 0 Å². The SMILES string of the molecule is CC(C)C(C(=O)O)N(c1ccc(-c2ccc(CC(=O)c3cc4ccccc4o3)cc2)cc1)S(=O)[O-]. The molecule has 7 nitrogen and oxygen atoms in total. The third kappa shape index (κ3) is 5.34. The van der Waals surface area contributed by atoms with Crippen molar-refractivity contribution in [3.05, 3.63) is 90.2 Å². The van der Waals surface area contributed by atoms with E-state index in [1.807, 2.05) is 48.5 Å². The molecule has 0 saturated carbocycles. The molecule has 0 aliphatic heterocycles. The Bertz CT molecular complexity index is 1340. The number of carboxylic acids is 1. The van der Waals surface area contributed by atoms with E-state index in [9.17, 15) is 23.5 Å². The normalized spacial score (nSPS) is 13.0. The van der Waals surface area contributed by atoms with E-state index in [1.165, 1.54) is 0 Å². The van der Waals surface area contributed by atoms with Crippen LogP contribution in [0.3, 0.4) is 0 Å². The maximum Gasteiger partial charge on any atom is 0.327 e. The predicted octanol–water partition coefficient (Wildman–Crippen LogP) is 5.23. The molecular weight excluding hydrogens is 466 g/mol. The number of ketones is 1. The first kappa shape index (κ1) is 24.4. The van der Waals surface area contributed by atoms with E-state index in [0.29, 0.717) is 11.3 Å². The largest absolute Gasteiger partial charge is 0.755 e. The van der Waals surface area contributed by atoms with Crippen LogP contribution in [0.5, 0.6) is 0 Å². The lowest BCUT2D eigenvalue weighted by Gasteiger charge is -2.34. The van der Waals surface area contributed by atoms with Gasteiger partial charge < -0.3 is 14.1 Å². The van der Waals surface area contributed by atoms with Crippen LogP contribution in [0.25, 0.3) is 22.1 Å². The molecule has 2 atom stereocenters. The molecule has 0 saturated heterocycles. The molecule has 0 fully saturated rings. The fraction of sp³-hybridized carbons (Fsp3) is 0.185. The lowest BCUT2D eigenvalue weighted by atomic mass is 10.0. The van der Waals surface area contributed by atoms with Crippen LogP contribution >= 0.6 is 0 Å². The summed E-state index contributed by atoms with van der Waals surface area (Å²) in [6.45, 7) is 3.32. The number of hydrogen-bond acceptors (Lipinski definition) is 5. The Morgan fingerprint density at radius 1 is 0.971 bits per heavy atom. The van der Waals surface area contributed by atoms with Crippen LogP contribution in [0.2, 0.25) is 0 Å². The summed E-state index contributed by atoms with van der Waals surface area (Å²) in [5.41, 5.74) is 3.50. The Morgan fingerprint density at radius 2 is 1.57 bits per heavy atom. The van der Waals surface area contributed by atoms with Crippen molar-refractivity contribution >= 4 is 39.7 Å². The van der Waals surface area contributed by atoms with Crippen molar-refractivity contribution in [2.24, 2.45) is 5.92 Å². The van der Waals surface area contributed by atoms with Gasteiger partial charge in [-0.15, -0.1) is 0 Å². The standard InChI is InChI=1S/C27H25NO6S/c1-17(2)26(27(30)31)28(35(32)33)22-13-11-20(12-14-22)19-9-7-18(8-10-19)15-23(29)25-16-21-5-3-4-6-24(21)34-25/h3-14,16-17,26H,15H2,1-2H3,(H,30,31)(H,32,33)/p-1. The van der Waals surface area contributed by atoms with Crippen molar-refractivity contribution in [2.45, 2.75) is 26.3 Å². The first-order valence-electron chi connectivity index (χ1n) is 11.1. The number of anilines is 1. The molecular formula is C27H24NO6S-. The third-order valence-corrected chi connectivity index (χ3v) is 6.53. The van der Waals surface area contributed by atoms with E-state index in [-0.39, 0.29) is 17.9 Å². The molecule has 3 aromatic carbocycles. The molecule has 8 heteroatoms. The smallest absolute Gasteiger partial charge is 0.327 e. The molecule has 2 unspecified atom stereocenters. The fourth-order valence-corrected chi connectivity index (χ4v) is 4.82. The first-order valence-corrected chi connectivity index (χ1v) is 12.1. The minimum atomic E-state index is -2.74. The van der Waals surface area contributed by atoms with E-state index >= 15 is 0 Å². The maximum atomic E-state index is 12.7. The van der Waals surface area contributed by atoms with E-state index in [1.54, 1.807) is 44.2 Å². The molecule has 4 aromatic rings. The summed E-state index contributed by atoms with van der Waals surface area (Å²) in [5, 5.41) is 10.4. The van der Waals surface area contributed by atoms with E-state index in [4.69, 9.17) is 4.42 Å². The highest BCUT2D eigenvalue weighted by atomic mass is 32.2. The molecule has 0 aliphatic carbocycles. The summed E-state index contributed by atoms with van der Waals surface area (Å²) in [4.78, 5) is 24.3. The molecule has 0 amide bonds. The van der Waals surface area contributed by atoms with Gasteiger partial charge in [0.2, 0.25) is 5.78 Å². The molecule has 0 aliphatic rings. The Balaban J connectivity index is 1.49. The molecule has 1 aromatic heterocycles. The van der Waals surface area contributed by atoms with Gasteiger partial charge in [0.1, 0.15) is 11.6 Å². The van der Waals surface area contributed by atoms with Crippen LogP contribution in [0, 0.1) is 5.92 Å². The van der Waals surface area contributed by atoms with Gasteiger partial charge in [0.25, 0.3) is 0 Å².